The molecule has 1 fully saturated rings. The number of aromatic nitrogens is 1. The number of aliphatic carboxylic acids is 6. The first-order valence-electron chi connectivity index (χ1n) is 20.7. The van der Waals surface area contributed by atoms with Gasteiger partial charge < -0.3 is 86.4 Å². The monoisotopic (exact) mass is 922 g/mol. The standard InChI is InChI=1S/C11H12N2O2.C9H11NO2.C6H14N4O2.C6H14N2O2.C5H9NO2.C5H11NO2/c12-9(11(14)15)5-7-6-13-10-4-2-1-3-8(7)10;10-8(9(11)12)6-7-4-2-1-3-5-7;7-4(5(11)12)2-1-3-10-6(8)9;7-4-2-1-3-5(8)6(9)10;7-5(8)4-2-1-3-6-4;1-3(2)4(6)5(7)8/h1-4,6,9,13H,5,12H2,(H,14,15);1-5,8H,6,10H2,(H,11,12);4H,1-3,7H2,(H,11,12)(H4,8,9,10);5H,1-4,7-8H2,(H,9,10);4,6H,1-3H2,(H,7,8);3-4H,6H2,1-2H3,(H,7,8)/t9-;8-;4-;5-;2*4-/m000000/s1. The molecule has 0 saturated carbocycles. The number of carboxylic acid groups (broad SMARTS) is 6. The van der Waals surface area contributed by atoms with Crippen molar-refractivity contribution in [2.45, 2.75) is 108 Å². The largest absolute Gasteiger partial charge is 0.480 e. The van der Waals surface area contributed by atoms with Gasteiger partial charge in [-0.25, -0.2) is 0 Å². The molecule has 0 spiro atoms. The number of nitrogens with one attached hydrogen (secondary N) is 4. The molecule has 0 unspecified atom stereocenters. The van der Waals surface area contributed by atoms with Crippen LogP contribution in [0.2, 0.25) is 0 Å². The average Bonchev–Trinajstić information content (AvgIpc) is 3.95. The van der Waals surface area contributed by atoms with E-state index in [-0.39, 0.29) is 17.9 Å². The number of carbonyl (C=O) groups is 6. The second-order valence-electron chi connectivity index (χ2n) is 14.9. The Hall–Kier alpha value is -6.21. The molecule has 24 N–H and O–H groups in total. The van der Waals surface area contributed by atoms with Crippen LogP contribution in [0.1, 0.15) is 69.9 Å². The number of benzene rings is 2. The lowest BCUT2D eigenvalue weighted by Gasteiger charge is -2.07. The van der Waals surface area contributed by atoms with E-state index in [0.29, 0.717) is 45.2 Å². The van der Waals surface area contributed by atoms with E-state index in [4.69, 9.17) is 76.2 Å². The predicted molar refractivity (Wildman–Crippen MR) is 246 cm³/mol. The summed E-state index contributed by atoms with van der Waals surface area (Å²) in [7, 11) is 0. The van der Waals surface area contributed by atoms with E-state index in [0.717, 1.165) is 54.3 Å². The third-order valence-corrected chi connectivity index (χ3v) is 9.02. The Morgan fingerprint density at radius 2 is 1.22 bits per heavy atom. The molecule has 1 saturated heterocycles. The van der Waals surface area contributed by atoms with Gasteiger partial charge in [0.25, 0.3) is 0 Å². The van der Waals surface area contributed by atoms with Crippen molar-refractivity contribution in [3.8, 4) is 0 Å². The third-order valence-electron chi connectivity index (χ3n) is 9.02. The number of hydrogen-bond donors (Lipinski definition) is 17. The zero-order valence-corrected chi connectivity index (χ0v) is 37.0. The van der Waals surface area contributed by atoms with Gasteiger partial charge >= 0.3 is 35.8 Å². The van der Waals surface area contributed by atoms with Gasteiger partial charge in [0.05, 0.1) is 0 Å². The first-order valence-corrected chi connectivity index (χ1v) is 20.7. The number of aromatic amines is 1. The van der Waals surface area contributed by atoms with Gasteiger partial charge in [-0.05, 0) is 81.1 Å². The van der Waals surface area contributed by atoms with Crippen LogP contribution in [0.4, 0.5) is 0 Å². The van der Waals surface area contributed by atoms with Crippen LogP contribution in [-0.2, 0) is 41.6 Å². The van der Waals surface area contributed by atoms with E-state index in [1.807, 2.05) is 60.8 Å². The Morgan fingerprint density at radius 3 is 1.63 bits per heavy atom. The van der Waals surface area contributed by atoms with E-state index in [1.54, 1.807) is 13.8 Å². The van der Waals surface area contributed by atoms with Crippen molar-refractivity contribution < 1.29 is 59.4 Å². The molecule has 0 bridgehead atoms. The van der Waals surface area contributed by atoms with Crippen LogP contribution in [0.25, 0.3) is 10.9 Å². The molecule has 0 radical (unpaired) electrons. The van der Waals surface area contributed by atoms with Gasteiger partial charge in [-0.1, -0.05) is 68.8 Å². The maximum atomic E-state index is 10.6. The fourth-order valence-corrected chi connectivity index (χ4v) is 5.06. The van der Waals surface area contributed by atoms with E-state index >= 15 is 0 Å². The summed E-state index contributed by atoms with van der Waals surface area (Å²) in [5, 5.41) is 63.7. The summed E-state index contributed by atoms with van der Waals surface area (Å²) in [6.45, 7) is 5.50. The maximum absolute atomic E-state index is 10.6. The smallest absolute Gasteiger partial charge is 0.320 e. The molecule has 1 aliphatic heterocycles. The van der Waals surface area contributed by atoms with Gasteiger partial charge in [-0.2, -0.15) is 0 Å². The van der Waals surface area contributed by atoms with Crippen LogP contribution in [0.3, 0.4) is 0 Å². The fourth-order valence-electron chi connectivity index (χ4n) is 5.06. The van der Waals surface area contributed by atoms with Crippen molar-refractivity contribution in [3.05, 3.63) is 71.9 Å². The number of guanidine groups is 1. The molecule has 1 aliphatic rings. The summed E-state index contributed by atoms with van der Waals surface area (Å²) in [6, 6.07) is 12.9. The van der Waals surface area contributed by atoms with Gasteiger partial charge in [0.15, 0.2) is 5.96 Å². The van der Waals surface area contributed by atoms with Gasteiger partial charge in [0, 0.05) is 30.1 Å². The summed E-state index contributed by atoms with van der Waals surface area (Å²) in [5.74, 6) is -5.61. The molecule has 23 nitrogen and oxygen atoms in total. The molecular weight excluding hydrogens is 851 g/mol. The Labute approximate surface area is 378 Å². The number of rotatable bonds is 19. The van der Waals surface area contributed by atoms with Crippen LogP contribution >= 0.6 is 0 Å². The summed E-state index contributed by atoms with van der Waals surface area (Å²) < 4.78 is 0. The van der Waals surface area contributed by atoms with Crippen molar-refractivity contribution in [3.63, 3.8) is 0 Å². The van der Waals surface area contributed by atoms with Crippen molar-refractivity contribution in [2.75, 3.05) is 19.6 Å². The van der Waals surface area contributed by atoms with Crippen LogP contribution in [0.15, 0.2) is 60.8 Å². The number of unbranched alkanes of at least 4 members (excludes halogenated alkanes) is 1. The Balaban J connectivity index is 0. The second kappa shape index (κ2) is 35.2. The highest BCUT2D eigenvalue weighted by molar-refractivity contribution is 5.84. The molecule has 3 aromatic rings. The van der Waals surface area contributed by atoms with Gasteiger partial charge in [0.1, 0.15) is 36.3 Å². The number of carboxylic acids is 6. The molecule has 65 heavy (non-hydrogen) atoms. The molecular formula is C42H71N11O12. The van der Waals surface area contributed by atoms with E-state index in [9.17, 15) is 28.8 Å². The summed E-state index contributed by atoms with van der Waals surface area (Å²) in [5.41, 5.74) is 39.5. The summed E-state index contributed by atoms with van der Waals surface area (Å²) in [6.07, 6.45) is 7.47. The molecule has 6 atom stereocenters. The lowest BCUT2D eigenvalue weighted by atomic mass is 10.1. The summed E-state index contributed by atoms with van der Waals surface area (Å²) in [4.78, 5) is 64.6. The first-order chi connectivity index (χ1) is 30.5. The molecule has 1 aromatic heterocycles. The SMILES string of the molecule is CC(C)[C@H](N)C(=O)O.N=C(N)NCCC[C@H](N)C(=O)O.NCCCC[C@H](N)C(=O)O.N[C@@H](Cc1c[nH]c2ccccc12)C(=O)O.N[C@@H](Cc1ccccc1)C(=O)O.O=C(O)[C@@H]1CCCN1. The van der Waals surface area contributed by atoms with Crippen molar-refractivity contribution in [2.24, 2.45) is 46.1 Å². The highest BCUT2D eigenvalue weighted by atomic mass is 16.4. The Morgan fingerprint density at radius 1 is 0.708 bits per heavy atom. The molecule has 4 rings (SSSR count). The number of H-pyrrole nitrogens is 1. The maximum Gasteiger partial charge on any atom is 0.320 e. The van der Waals surface area contributed by atoms with Crippen molar-refractivity contribution >= 4 is 52.7 Å². The zero-order chi connectivity index (χ0) is 50.1. The average molecular weight is 922 g/mol. The topological polar surface area (TPSA) is 470 Å². The van der Waals surface area contributed by atoms with Gasteiger partial charge in [-0.15, -0.1) is 0 Å². The Bertz CT molecular complexity index is 1830. The number of para-hydroxylation sites is 1. The number of nitrogens with two attached hydrogens (primary N) is 7. The van der Waals surface area contributed by atoms with Crippen molar-refractivity contribution in [1.29, 1.82) is 5.41 Å². The number of fused-ring (bicyclic) bond motifs is 1. The van der Waals surface area contributed by atoms with E-state index in [1.165, 1.54) is 0 Å². The molecule has 366 valence electrons. The minimum Gasteiger partial charge on any atom is -0.480 e. The van der Waals surface area contributed by atoms with Crippen LogP contribution in [0, 0.1) is 11.3 Å². The summed E-state index contributed by atoms with van der Waals surface area (Å²) >= 11 is 0. The number of hydrogen-bond acceptors (Lipinski definition) is 14. The predicted octanol–water partition coefficient (Wildman–Crippen LogP) is -0.171. The van der Waals surface area contributed by atoms with Crippen LogP contribution in [-0.4, -0.2) is 133 Å². The zero-order valence-electron chi connectivity index (χ0n) is 37.0. The highest BCUT2D eigenvalue weighted by Gasteiger charge is 2.20. The highest BCUT2D eigenvalue weighted by Crippen LogP contribution is 2.18. The minimum absolute atomic E-state index is 0.0208. The van der Waals surface area contributed by atoms with E-state index < -0.39 is 66.0 Å². The molecule has 0 amide bonds. The van der Waals surface area contributed by atoms with Crippen molar-refractivity contribution in [1.82, 2.24) is 15.6 Å². The molecule has 0 aliphatic carbocycles. The van der Waals surface area contributed by atoms with Gasteiger partial charge in [0.2, 0.25) is 0 Å². The van der Waals surface area contributed by atoms with Gasteiger partial charge in [-0.3, -0.25) is 34.2 Å². The Kier molecular flexibility index (Phi) is 32.9. The second-order valence-corrected chi connectivity index (χ2v) is 14.9. The first kappa shape index (κ1) is 60.9. The lowest BCUT2D eigenvalue weighted by molar-refractivity contribution is -0.140. The fraction of sp³-hybridized carbons (Fsp3) is 0.500. The minimum atomic E-state index is -1.00. The molecule has 23 heteroatoms. The quantitative estimate of drug-likeness (QED) is 0.0421. The normalized spacial score (nSPS) is 14.7. The molecule has 2 aromatic carbocycles. The molecule has 2 heterocycles. The van der Waals surface area contributed by atoms with Crippen LogP contribution < -0.4 is 50.8 Å². The van der Waals surface area contributed by atoms with E-state index in [2.05, 4.69) is 15.6 Å². The lowest BCUT2D eigenvalue weighted by Crippen LogP contribution is -2.34. The van der Waals surface area contributed by atoms with Crippen LogP contribution in [0.5, 0.6) is 0 Å². The third kappa shape index (κ3) is 30.5.